The zero-order chi connectivity index (χ0) is 17.1. The molecule has 0 bridgehead atoms. The molecule has 1 aliphatic rings. The average molecular weight is 334 g/mol. The predicted molar refractivity (Wildman–Crippen MR) is 85.1 cm³/mol. The van der Waals surface area contributed by atoms with Crippen molar-refractivity contribution in [1.29, 1.82) is 0 Å². The Morgan fingerprint density at radius 3 is 3.00 bits per heavy atom. The Morgan fingerprint density at radius 1 is 1.46 bits per heavy atom. The van der Waals surface area contributed by atoms with Crippen molar-refractivity contribution in [3.63, 3.8) is 0 Å². The van der Waals surface area contributed by atoms with Gasteiger partial charge in [-0.1, -0.05) is 0 Å². The lowest BCUT2D eigenvalue weighted by Crippen LogP contribution is -2.43. The van der Waals surface area contributed by atoms with Gasteiger partial charge in [-0.3, -0.25) is 4.79 Å². The molecule has 2 heterocycles. The van der Waals surface area contributed by atoms with Crippen LogP contribution in [0.1, 0.15) is 24.8 Å². The van der Waals surface area contributed by atoms with Gasteiger partial charge in [-0.15, -0.1) is 0 Å². The number of fused-ring (bicyclic) bond motifs is 1. The van der Waals surface area contributed by atoms with Crippen LogP contribution in [0.5, 0.6) is 0 Å². The molecule has 0 radical (unpaired) electrons. The smallest absolute Gasteiger partial charge is 0.326 e. The summed E-state index contributed by atoms with van der Waals surface area (Å²) in [5, 5.41) is 12.7. The molecular weight excluding hydrogens is 315 g/mol. The molecule has 0 saturated carbocycles. The number of ether oxygens (including phenoxy) is 1. The van der Waals surface area contributed by atoms with E-state index in [0.717, 1.165) is 23.8 Å². The van der Waals surface area contributed by atoms with Crippen LogP contribution in [0, 0.1) is 5.82 Å². The Morgan fingerprint density at radius 2 is 2.29 bits per heavy atom. The molecule has 3 N–H and O–H groups in total. The van der Waals surface area contributed by atoms with Crippen LogP contribution in [-0.4, -0.2) is 40.7 Å². The van der Waals surface area contributed by atoms with Crippen LogP contribution in [-0.2, 0) is 20.7 Å². The third-order valence-electron chi connectivity index (χ3n) is 4.22. The second-order valence-corrected chi connectivity index (χ2v) is 6.01. The summed E-state index contributed by atoms with van der Waals surface area (Å²) in [5.74, 6) is -1.80. The Kier molecular flexibility index (Phi) is 4.80. The lowest BCUT2D eigenvalue weighted by atomic mass is 10.0. The number of carbonyl (C=O) groups is 2. The van der Waals surface area contributed by atoms with E-state index in [4.69, 9.17) is 4.74 Å². The fourth-order valence-corrected chi connectivity index (χ4v) is 3.01. The number of hydrogen-bond donors (Lipinski definition) is 3. The fourth-order valence-electron chi connectivity index (χ4n) is 3.01. The molecule has 128 valence electrons. The van der Waals surface area contributed by atoms with Gasteiger partial charge in [0, 0.05) is 30.1 Å². The molecule has 1 aliphatic heterocycles. The molecule has 1 amide bonds. The van der Waals surface area contributed by atoms with E-state index in [2.05, 4.69) is 10.3 Å². The van der Waals surface area contributed by atoms with Gasteiger partial charge in [0.25, 0.3) is 0 Å². The van der Waals surface area contributed by atoms with Gasteiger partial charge in [0.05, 0.1) is 12.5 Å². The van der Waals surface area contributed by atoms with Crippen molar-refractivity contribution in [3.05, 3.63) is 35.8 Å². The summed E-state index contributed by atoms with van der Waals surface area (Å²) in [5.41, 5.74) is 1.31. The van der Waals surface area contributed by atoms with Crippen molar-refractivity contribution >= 4 is 22.8 Å². The predicted octanol–water partition coefficient (Wildman–Crippen LogP) is 1.99. The number of aromatic amines is 1. The van der Waals surface area contributed by atoms with Gasteiger partial charge in [-0.25, -0.2) is 9.18 Å². The summed E-state index contributed by atoms with van der Waals surface area (Å²) in [7, 11) is 0. The first kappa shape index (κ1) is 16.4. The van der Waals surface area contributed by atoms with E-state index < -0.39 is 12.0 Å². The van der Waals surface area contributed by atoms with E-state index in [1.54, 1.807) is 12.3 Å². The maximum absolute atomic E-state index is 13.2. The molecular formula is C17H19FN2O4. The number of amides is 1. The van der Waals surface area contributed by atoms with Crippen molar-refractivity contribution in [3.8, 4) is 0 Å². The number of aromatic nitrogens is 1. The van der Waals surface area contributed by atoms with Gasteiger partial charge in [0.2, 0.25) is 5.91 Å². The summed E-state index contributed by atoms with van der Waals surface area (Å²) in [4.78, 5) is 26.4. The van der Waals surface area contributed by atoms with E-state index in [1.807, 2.05) is 0 Å². The number of carboxylic acids is 1. The first-order valence-electron chi connectivity index (χ1n) is 7.92. The maximum atomic E-state index is 13.2. The molecule has 1 fully saturated rings. The molecule has 2 atom stereocenters. The van der Waals surface area contributed by atoms with Gasteiger partial charge in [0.15, 0.2) is 0 Å². The minimum absolute atomic E-state index is 0.123. The molecule has 0 aliphatic carbocycles. The zero-order valence-electron chi connectivity index (χ0n) is 13.0. The molecule has 7 heteroatoms. The summed E-state index contributed by atoms with van der Waals surface area (Å²) in [6.45, 7) is 0.645. The molecule has 0 unspecified atom stereocenters. The van der Waals surface area contributed by atoms with Crippen molar-refractivity contribution in [2.45, 2.75) is 37.8 Å². The number of aliphatic carboxylic acids is 1. The van der Waals surface area contributed by atoms with Crippen molar-refractivity contribution in [2.24, 2.45) is 0 Å². The number of nitrogens with one attached hydrogen (secondary N) is 2. The average Bonchev–Trinajstić information content (AvgIpc) is 3.16. The largest absolute Gasteiger partial charge is 0.480 e. The van der Waals surface area contributed by atoms with E-state index in [1.165, 1.54) is 12.1 Å². The molecule has 0 spiro atoms. The minimum Gasteiger partial charge on any atom is -0.480 e. The first-order chi connectivity index (χ1) is 11.5. The Labute approximate surface area is 138 Å². The van der Waals surface area contributed by atoms with Crippen LogP contribution in [0.2, 0.25) is 0 Å². The highest BCUT2D eigenvalue weighted by Gasteiger charge is 2.25. The molecule has 1 saturated heterocycles. The minimum atomic E-state index is -1.10. The molecule has 3 rings (SSSR count). The number of carboxylic acid groups (broad SMARTS) is 1. The molecule has 6 nitrogen and oxygen atoms in total. The van der Waals surface area contributed by atoms with Crippen molar-refractivity contribution < 1.29 is 23.8 Å². The highest BCUT2D eigenvalue weighted by molar-refractivity contribution is 5.86. The van der Waals surface area contributed by atoms with Crippen molar-refractivity contribution in [1.82, 2.24) is 10.3 Å². The van der Waals surface area contributed by atoms with E-state index in [0.29, 0.717) is 12.1 Å². The standard InChI is InChI=1S/C17H19FN2O4/c18-11-3-4-13-10(9-19-14(13)7-11)6-15(17(22)23)20-16(21)8-12-2-1-5-24-12/h3-4,7,9,12,15,19H,1-2,5-6,8H2,(H,20,21)(H,22,23)/t12-,15-/m1/s1. The summed E-state index contributed by atoms with van der Waals surface area (Å²) >= 11 is 0. The summed E-state index contributed by atoms with van der Waals surface area (Å²) in [6, 6.07) is 3.24. The van der Waals surface area contributed by atoms with Gasteiger partial charge in [-0.05, 0) is 36.6 Å². The fraction of sp³-hybridized carbons (Fsp3) is 0.412. The van der Waals surface area contributed by atoms with Crippen LogP contribution in [0.3, 0.4) is 0 Å². The maximum Gasteiger partial charge on any atom is 0.326 e. The normalized spacial score (nSPS) is 18.6. The van der Waals surface area contributed by atoms with Crippen molar-refractivity contribution in [2.75, 3.05) is 6.61 Å². The highest BCUT2D eigenvalue weighted by atomic mass is 19.1. The topological polar surface area (TPSA) is 91.4 Å². The summed E-state index contributed by atoms with van der Waals surface area (Å²) in [6.07, 6.45) is 3.55. The lowest BCUT2D eigenvalue weighted by Gasteiger charge is -2.16. The zero-order valence-corrected chi connectivity index (χ0v) is 13.0. The monoisotopic (exact) mass is 334 g/mol. The van der Waals surface area contributed by atoms with Crippen LogP contribution < -0.4 is 5.32 Å². The van der Waals surface area contributed by atoms with Crippen LogP contribution in [0.15, 0.2) is 24.4 Å². The second kappa shape index (κ2) is 7.00. The molecule has 1 aromatic carbocycles. The van der Waals surface area contributed by atoms with E-state index in [-0.39, 0.29) is 30.7 Å². The van der Waals surface area contributed by atoms with E-state index >= 15 is 0 Å². The van der Waals surface area contributed by atoms with Crippen LogP contribution in [0.25, 0.3) is 10.9 Å². The molecule has 2 aromatic rings. The number of hydrogen-bond acceptors (Lipinski definition) is 3. The third kappa shape index (κ3) is 3.73. The number of rotatable bonds is 6. The van der Waals surface area contributed by atoms with Crippen LogP contribution in [0.4, 0.5) is 4.39 Å². The molecule has 24 heavy (non-hydrogen) atoms. The molecule has 1 aromatic heterocycles. The van der Waals surface area contributed by atoms with Crippen LogP contribution >= 0.6 is 0 Å². The van der Waals surface area contributed by atoms with Gasteiger partial charge < -0.3 is 20.1 Å². The summed E-state index contributed by atoms with van der Waals surface area (Å²) < 4.78 is 18.6. The second-order valence-electron chi connectivity index (χ2n) is 6.01. The van der Waals surface area contributed by atoms with Gasteiger partial charge in [0.1, 0.15) is 11.9 Å². The number of carbonyl (C=O) groups excluding carboxylic acids is 1. The lowest BCUT2D eigenvalue weighted by molar-refractivity contribution is -0.142. The Bertz CT molecular complexity index is 752. The Hall–Kier alpha value is -2.41. The highest BCUT2D eigenvalue weighted by Crippen LogP contribution is 2.21. The Balaban J connectivity index is 1.68. The first-order valence-corrected chi connectivity index (χ1v) is 7.92. The SMILES string of the molecule is O=C(C[C@H]1CCCO1)N[C@H](Cc1c[nH]c2cc(F)ccc12)C(=O)O. The number of benzene rings is 1. The number of halogens is 1. The van der Waals surface area contributed by atoms with E-state index in [9.17, 15) is 19.1 Å². The quantitative estimate of drug-likeness (QED) is 0.753. The van der Waals surface area contributed by atoms with Gasteiger partial charge >= 0.3 is 5.97 Å². The third-order valence-corrected chi connectivity index (χ3v) is 4.22. The number of H-pyrrole nitrogens is 1. The van der Waals surface area contributed by atoms with Gasteiger partial charge in [-0.2, -0.15) is 0 Å².